The fraction of sp³-hybridized carbons (Fsp3) is 0.692. The molecule has 1 amide bonds. The molecule has 1 aromatic heterocycles. The smallest absolute Gasteiger partial charge is 0.274 e. The standard InChI is InChI=1S/C13H23N5O2/c1-4-18-12(11(14)6-15-18)13(20)17-8-10(19)5-9(17)7-16(2)3/h6,9-10,19H,4-5,7-8,14H2,1-3H3. The highest BCUT2D eigenvalue weighted by Crippen LogP contribution is 2.23. The van der Waals surface area contributed by atoms with Crippen molar-refractivity contribution < 1.29 is 9.90 Å². The molecular weight excluding hydrogens is 258 g/mol. The summed E-state index contributed by atoms with van der Waals surface area (Å²) >= 11 is 0. The zero-order valence-corrected chi connectivity index (χ0v) is 12.3. The number of rotatable bonds is 4. The molecule has 1 aliphatic rings. The van der Waals surface area contributed by atoms with Crippen molar-refractivity contribution >= 4 is 11.6 Å². The second kappa shape index (κ2) is 5.80. The number of hydrogen-bond acceptors (Lipinski definition) is 5. The van der Waals surface area contributed by atoms with Gasteiger partial charge in [0.15, 0.2) is 0 Å². The zero-order chi connectivity index (χ0) is 14.9. The molecule has 1 saturated heterocycles. The highest BCUT2D eigenvalue weighted by Gasteiger charge is 2.36. The molecule has 0 aliphatic carbocycles. The third kappa shape index (κ3) is 2.78. The van der Waals surface area contributed by atoms with Crippen molar-refractivity contribution in [2.75, 3.05) is 32.9 Å². The van der Waals surface area contributed by atoms with Crippen LogP contribution in [0.4, 0.5) is 5.69 Å². The van der Waals surface area contributed by atoms with E-state index in [1.807, 2.05) is 25.9 Å². The van der Waals surface area contributed by atoms with E-state index in [2.05, 4.69) is 5.10 Å². The lowest BCUT2D eigenvalue weighted by atomic mass is 10.2. The van der Waals surface area contributed by atoms with Crippen molar-refractivity contribution in [1.82, 2.24) is 19.6 Å². The van der Waals surface area contributed by atoms with Crippen LogP contribution < -0.4 is 5.73 Å². The summed E-state index contributed by atoms with van der Waals surface area (Å²) in [5, 5.41) is 14.0. The molecule has 1 aliphatic heterocycles. The number of aliphatic hydroxyl groups excluding tert-OH is 1. The van der Waals surface area contributed by atoms with E-state index < -0.39 is 6.10 Å². The van der Waals surface area contributed by atoms with Crippen molar-refractivity contribution in [3.05, 3.63) is 11.9 Å². The first-order chi connectivity index (χ1) is 9.43. The van der Waals surface area contributed by atoms with Crippen LogP contribution in [0.1, 0.15) is 23.8 Å². The molecule has 1 fully saturated rings. The van der Waals surface area contributed by atoms with Crippen molar-refractivity contribution in [2.24, 2.45) is 0 Å². The maximum absolute atomic E-state index is 12.7. The summed E-state index contributed by atoms with van der Waals surface area (Å²) in [6, 6.07) is 0.00658. The van der Waals surface area contributed by atoms with Crippen LogP contribution in [0.3, 0.4) is 0 Å². The van der Waals surface area contributed by atoms with Gasteiger partial charge in [0.25, 0.3) is 5.91 Å². The molecule has 0 spiro atoms. The molecule has 0 radical (unpaired) electrons. The largest absolute Gasteiger partial charge is 0.396 e. The van der Waals surface area contributed by atoms with Gasteiger partial charge in [-0.05, 0) is 27.4 Å². The third-order valence-electron chi connectivity index (χ3n) is 3.60. The molecule has 3 N–H and O–H groups in total. The fourth-order valence-corrected chi connectivity index (χ4v) is 2.74. The Balaban J connectivity index is 2.24. The van der Waals surface area contributed by atoms with Crippen molar-refractivity contribution in [2.45, 2.75) is 32.0 Å². The van der Waals surface area contributed by atoms with Crippen LogP contribution in [0.5, 0.6) is 0 Å². The molecule has 2 rings (SSSR count). The number of likely N-dealkylation sites (tertiary alicyclic amines) is 1. The number of nitrogens with two attached hydrogens (primary N) is 1. The number of hydrogen-bond donors (Lipinski definition) is 2. The van der Waals surface area contributed by atoms with E-state index in [0.29, 0.717) is 30.9 Å². The molecule has 2 unspecified atom stereocenters. The summed E-state index contributed by atoms with van der Waals surface area (Å²) in [5.74, 6) is -0.148. The Bertz CT molecular complexity index is 485. The van der Waals surface area contributed by atoms with Crippen molar-refractivity contribution in [1.29, 1.82) is 0 Å². The second-order valence-electron chi connectivity index (χ2n) is 5.53. The van der Waals surface area contributed by atoms with E-state index in [1.54, 1.807) is 9.58 Å². The predicted octanol–water partition coefficient (Wildman–Crippen LogP) is -0.378. The number of aromatic nitrogens is 2. The van der Waals surface area contributed by atoms with Gasteiger partial charge in [0.1, 0.15) is 5.69 Å². The van der Waals surface area contributed by atoms with E-state index >= 15 is 0 Å². The maximum atomic E-state index is 12.7. The second-order valence-corrected chi connectivity index (χ2v) is 5.53. The number of carbonyl (C=O) groups is 1. The molecule has 7 nitrogen and oxygen atoms in total. The van der Waals surface area contributed by atoms with E-state index in [4.69, 9.17) is 5.73 Å². The monoisotopic (exact) mass is 281 g/mol. The van der Waals surface area contributed by atoms with E-state index in [-0.39, 0.29) is 11.9 Å². The highest BCUT2D eigenvalue weighted by atomic mass is 16.3. The van der Waals surface area contributed by atoms with Gasteiger partial charge in [-0.15, -0.1) is 0 Å². The molecule has 0 aromatic carbocycles. The number of nitrogens with zero attached hydrogens (tertiary/aromatic N) is 4. The first-order valence-corrected chi connectivity index (χ1v) is 6.89. The SMILES string of the molecule is CCn1ncc(N)c1C(=O)N1CC(O)CC1CN(C)C. The normalized spacial score (nSPS) is 22.8. The molecule has 0 saturated carbocycles. The molecule has 1 aromatic rings. The lowest BCUT2D eigenvalue weighted by Crippen LogP contribution is -2.42. The van der Waals surface area contributed by atoms with Crippen molar-refractivity contribution in [3.63, 3.8) is 0 Å². The number of aryl methyl sites for hydroxylation is 1. The average Bonchev–Trinajstić information content (AvgIpc) is 2.91. The topological polar surface area (TPSA) is 87.6 Å². The maximum Gasteiger partial charge on any atom is 0.274 e. The number of aliphatic hydroxyl groups is 1. The minimum absolute atomic E-state index is 0.00658. The van der Waals surface area contributed by atoms with E-state index in [0.717, 1.165) is 6.54 Å². The number of anilines is 1. The Morgan fingerprint density at radius 3 is 2.90 bits per heavy atom. The zero-order valence-electron chi connectivity index (χ0n) is 12.3. The van der Waals surface area contributed by atoms with Crippen LogP contribution in [0.15, 0.2) is 6.20 Å². The van der Waals surface area contributed by atoms with Crippen LogP contribution in [0, 0.1) is 0 Å². The number of amides is 1. The molecular formula is C13H23N5O2. The molecule has 7 heteroatoms. The lowest BCUT2D eigenvalue weighted by molar-refractivity contribution is 0.0688. The average molecular weight is 281 g/mol. The predicted molar refractivity (Wildman–Crippen MR) is 76.3 cm³/mol. The van der Waals surface area contributed by atoms with Crippen LogP contribution in [0.2, 0.25) is 0 Å². The highest BCUT2D eigenvalue weighted by molar-refractivity contribution is 5.97. The third-order valence-corrected chi connectivity index (χ3v) is 3.60. The van der Waals surface area contributed by atoms with Gasteiger partial charge in [-0.3, -0.25) is 9.48 Å². The summed E-state index contributed by atoms with van der Waals surface area (Å²) in [6.07, 6.45) is 1.64. The van der Waals surface area contributed by atoms with Crippen molar-refractivity contribution in [3.8, 4) is 0 Å². The molecule has 2 atom stereocenters. The van der Waals surface area contributed by atoms with Gasteiger partial charge < -0.3 is 20.6 Å². The molecule has 20 heavy (non-hydrogen) atoms. The minimum atomic E-state index is -0.469. The van der Waals surface area contributed by atoms with E-state index in [1.165, 1.54) is 6.20 Å². The summed E-state index contributed by atoms with van der Waals surface area (Å²) in [6.45, 7) is 3.58. The Kier molecular flexibility index (Phi) is 4.29. The molecule has 0 bridgehead atoms. The molecule has 112 valence electrons. The Hall–Kier alpha value is -1.60. The Labute approximate surface area is 118 Å². The van der Waals surface area contributed by atoms with Crippen LogP contribution in [0.25, 0.3) is 0 Å². The summed E-state index contributed by atoms with van der Waals surface area (Å²) in [7, 11) is 3.91. The van der Waals surface area contributed by atoms with Gasteiger partial charge in [0.05, 0.1) is 18.0 Å². The first kappa shape index (κ1) is 14.8. The first-order valence-electron chi connectivity index (χ1n) is 6.89. The van der Waals surface area contributed by atoms with E-state index in [9.17, 15) is 9.90 Å². The summed E-state index contributed by atoms with van der Waals surface area (Å²) < 4.78 is 1.61. The fourth-order valence-electron chi connectivity index (χ4n) is 2.74. The van der Waals surface area contributed by atoms with Gasteiger partial charge in [-0.25, -0.2) is 0 Å². The number of carbonyl (C=O) groups excluding carboxylic acids is 1. The lowest BCUT2D eigenvalue weighted by Gasteiger charge is -2.27. The summed E-state index contributed by atoms with van der Waals surface area (Å²) in [5.41, 5.74) is 6.68. The number of β-amino-alcohol motifs (C(OH)–C–C–N with tert-alkyl or cyclic N) is 1. The quantitative estimate of drug-likeness (QED) is 0.785. The van der Waals surface area contributed by atoms with Gasteiger partial charge in [0.2, 0.25) is 0 Å². The Morgan fingerprint density at radius 2 is 2.30 bits per heavy atom. The van der Waals surface area contributed by atoms with Crippen LogP contribution in [-0.4, -0.2) is 69.9 Å². The Morgan fingerprint density at radius 1 is 1.60 bits per heavy atom. The van der Waals surface area contributed by atoms with Crippen LogP contribution >= 0.6 is 0 Å². The van der Waals surface area contributed by atoms with Gasteiger partial charge in [-0.2, -0.15) is 5.10 Å². The summed E-state index contributed by atoms with van der Waals surface area (Å²) in [4.78, 5) is 16.4. The van der Waals surface area contributed by atoms with Gasteiger partial charge in [-0.1, -0.05) is 0 Å². The van der Waals surface area contributed by atoms with Gasteiger partial charge in [0, 0.05) is 25.7 Å². The van der Waals surface area contributed by atoms with Gasteiger partial charge >= 0.3 is 0 Å². The number of likely N-dealkylation sites (N-methyl/N-ethyl adjacent to an activating group) is 1. The van der Waals surface area contributed by atoms with Crippen LogP contribution in [-0.2, 0) is 6.54 Å². The molecule has 2 heterocycles. The minimum Gasteiger partial charge on any atom is -0.396 e. The number of nitrogen functional groups attached to an aromatic ring is 1.